The van der Waals surface area contributed by atoms with Gasteiger partial charge in [0.25, 0.3) is 11.4 Å². The number of nitro groups is 2. The topological polar surface area (TPSA) is 157 Å². The van der Waals surface area contributed by atoms with Crippen molar-refractivity contribution in [2.45, 2.75) is 6.42 Å². The molecule has 0 bridgehead atoms. The molecule has 0 aliphatic rings. The second-order valence-corrected chi connectivity index (χ2v) is 6.98. The van der Waals surface area contributed by atoms with Crippen LogP contribution in [0.4, 0.5) is 11.4 Å². The molecule has 0 aliphatic heterocycles. The summed E-state index contributed by atoms with van der Waals surface area (Å²) < 4.78 is 5.86. The maximum Gasteiger partial charge on any atom is 0.269 e. The van der Waals surface area contributed by atoms with Gasteiger partial charge in [-0.15, -0.1) is 0 Å². The minimum absolute atomic E-state index is 0.0168. The van der Waals surface area contributed by atoms with Crippen LogP contribution in [0.15, 0.2) is 69.9 Å². The van der Waals surface area contributed by atoms with Gasteiger partial charge >= 0.3 is 0 Å². The third-order valence-electron chi connectivity index (χ3n) is 4.92. The number of non-ortho nitro benzene ring substituents is 2. The first-order valence-corrected chi connectivity index (χ1v) is 9.24. The third-order valence-corrected chi connectivity index (χ3v) is 4.92. The van der Waals surface area contributed by atoms with Gasteiger partial charge in [-0.05, 0) is 17.7 Å². The second-order valence-electron chi connectivity index (χ2n) is 6.98. The second kappa shape index (κ2) is 7.84. The van der Waals surface area contributed by atoms with E-state index in [9.17, 15) is 35.2 Å². The molecule has 160 valence electrons. The molecule has 0 fully saturated rings. The Bertz CT molecular complexity index is 1420. The van der Waals surface area contributed by atoms with Gasteiger partial charge in [-0.3, -0.25) is 25.0 Å². The molecule has 0 spiro atoms. The van der Waals surface area contributed by atoms with E-state index in [1.54, 1.807) is 0 Å². The van der Waals surface area contributed by atoms with E-state index in [2.05, 4.69) is 0 Å². The minimum Gasteiger partial charge on any atom is -0.508 e. The summed E-state index contributed by atoms with van der Waals surface area (Å²) >= 11 is 0. The van der Waals surface area contributed by atoms with Gasteiger partial charge in [-0.25, -0.2) is 0 Å². The largest absolute Gasteiger partial charge is 0.508 e. The van der Waals surface area contributed by atoms with E-state index < -0.39 is 21.0 Å². The summed E-state index contributed by atoms with van der Waals surface area (Å²) in [5.41, 5.74) is 0.204. The average molecular weight is 434 g/mol. The quantitative estimate of drug-likeness (QED) is 0.348. The number of aromatic hydroxyl groups is 2. The molecule has 4 rings (SSSR count). The van der Waals surface area contributed by atoms with Crippen molar-refractivity contribution >= 4 is 22.3 Å². The SMILES string of the molecule is O=c1c(Cc2ccc([N+](=O)[O-])cc2)c(-c2ccc([N+](=O)[O-])cc2)oc2cc(O)cc(O)c12. The molecule has 10 heteroatoms. The Morgan fingerprint density at radius 2 is 1.41 bits per heavy atom. The van der Waals surface area contributed by atoms with E-state index >= 15 is 0 Å². The van der Waals surface area contributed by atoms with Crippen molar-refractivity contribution in [2.24, 2.45) is 0 Å². The molecule has 10 nitrogen and oxygen atoms in total. The Morgan fingerprint density at radius 1 is 0.844 bits per heavy atom. The lowest BCUT2D eigenvalue weighted by Gasteiger charge is -2.11. The number of rotatable bonds is 5. The fraction of sp³-hybridized carbons (Fsp3) is 0.0455. The maximum atomic E-state index is 13.3. The standard InChI is InChI=1S/C22H14N2O8/c25-16-10-18(26)20-19(11-16)32-22(13-3-7-15(8-4-13)24(30)31)17(21(20)27)9-12-1-5-14(6-2-12)23(28)29/h1-8,10-11,25-26H,9H2. The molecular formula is C22H14N2O8. The summed E-state index contributed by atoms with van der Waals surface area (Å²) in [6.45, 7) is 0. The van der Waals surface area contributed by atoms with Crippen molar-refractivity contribution in [3.63, 3.8) is 0 Å². The van der Waals surface area contributed by atoms with Gasteiger partial charge in [-0.2, -0.15) is 0 Å². The van der Waals surface area contributed by atoms with Gasteiger partial charge in [0, 0.05) is 53.9 Å². The highest BCUT2D eigenvalue weighted by Gasteiger charge is 2.20. The lowest BCUT2D eigenvalue weighted by atomic mass is 9.98. The number of hydrogen-bond donors (Lipinski definition) is 2. The lowest BCUT2D eigenvalue weighted by molar-refractivity contribution is -0.385. The van der Waals surface area contributed by atoms with Crippen molar-refractivity contribution in [1.29, 1.82) is 0 Å². The number of phenolic OH excluding ortho intramolecular Hbond substituents is 2. The van der Waals surface area contributed by atoms with Crippen molar-refractivity contribution in [3.05, 3.63) is 102 Å². The fourth-order valence-corrected chi connectivity index (χ4v) is 3.39. The molecule has 4 aromatic rings. The normalized spacial score (nSPS) is 10.9. The molecule has 0 saturated heterocycles. The van der Waals surface area contributed by atoms with Crippen LogP contribution in [0.25, 0.3) is 22.3 Å². The first kappa shape index (κ1) is 20.5. The highest BCUT2D eigenvalue weighted by Crippen LogP contribution is 2.34. The zero-order chi connectivity index (χ0) is 23.0. The van der Waals surface area contributed by atoms with Crippen molar-refractivity contribution in [2.75, 3.05) is 0 Å². The highest BCUT2D eigenvalue weighted by molar-refractivity contribution is 5.87. The summed E-state index contributed by atoms with van der Waals surface area (Å²) in [7, 11) is 0. The monoisotopic (exact) mass is 434 g/mol. The van der Waals surface area contributed by atoms with Crippen LogP contribution in [0.1, 0.15) is 11.1 Å². The molecule has 0 radical (unpaired) electrons. The lowest BCUT2D eigenvalue weighted by Crippen LogP contribution is -2.12. The van der Waals surface area contributed by atoms with Gasteiger partial charge in [0.05, 0.1) is 9.85 Å². The molecule has 32 heavy (non-hydrogen) atoms. The molecular weight excluding hydrogens is 420 g/mol. The number of hydrogen-bond acceptors (Lipinski definition) is 8. The Kier molecular flexibility index (Phi) is 5.03. The molecule has 1 heterocycles. The summed E-state index contributed by atoms with van der Waals surface area (Å²) in [5, 5.41) is 41.7. The van der Waals surface area contributed by atoms with Gasteiger partial charge in [0.15, 0.2) is 0 Å². The minimum atomic E-state index is -0.561. The van der Waals surface area contributed by atoms with Gasteiger partial charge in [0.1, 0.15) is 28.2 Å². The Labute approximate surface area is 178 Å². The first-order valence-electron chi connectivity index (χ1n) is 9.24. The average Bonchev–Trinajstić information content (AvgIpc) is 2.75. The number of nitrogens with zero attached hydrogens (tertiary/aromatic N) is 2. The number of phenols is 2. The van der Waals surface area contributed by atoms with Crippen molar-refractivity contribution in [3.8, 4) is 22.8 Å². The van der Waals surface area contributed by atoms with Crippen LogP contribution in [-0.4, -0.2) is 20.1 Å². The van der Waals surface area contributed by atoms with Crippen LogP contribution in [-0.2, 0) is 6.42 Å². The third kappa shape index (κ3) is 3.72. The van der Waals surface area contributed by atoms with Crippen LogP contribution >= 0.6 is 0 Å². The Balaban J connectivity index is 1.93. The van der Waals surface area contributed by atoms with Crippen LogP contribution in [0.2, 0.25) is 0 Å². The van der Waals surface area contributed by atoms with E-state index in [-0.39, 0.29) is 45.8 Å². The Hall–Kier alpha value is -4.73. The predicted octanol–water partition coefficient (Wildman–Crippen LogP) is 4.28. The van der Waals surface area contributed by atoms with E-state index in [1.807, 2.05) is 0 Å². The Morgan fingerprint density at radius 3 is 1.97 bits per heavy atom. The molecule has 0 atom stereocenters. The summed E-state index contributed by atoms with van der Waals surface area (Å²) in [6.07, 6.45) is 0.0168. The highest BCUT2D eigenvalue weighted by atomic mass is 16.6. The number of nitro benzene ring substituents is 2. The predicted molar refractivity (Wildman–Crippen MR) is 114 cm³/mol. The van der Waals surface area contributed by atoms with Crippen LogP contribution in [0.3, 0.4) is 0 Å². The number of benzene rings is 3. The van der Waals surface area contributed by atoms with Crippen molar-refractivity contribution in [1.82, 2.24) is 0 Å². The van der Waals surface area contributed by atoms with Crippen molar-refractivity contribution < 1.29 is 24.5 Å². The zero-order valence-electron chi connectivity index (χ0n) is 16.2. The summed E-state index contributed by atoms with van der Waals surface area (Å²) in [4.78, 5) is 34.0. The van der Waals surface area contributed by atoms with Crippen LogP contribution in [0, 0.1) is 20.2 Å². The van der Waals surface area contributed by atoms with E-state index in [4.69, 9.17) is 4.42 Å². The van der Waals surface area contributed by atoms with Crippen LogP contribution in [0.5, 0.6) is 11.5 Å². The zero-order valence-corrected chi connectivity index (χ0v) is 16.2. The van der Waals surface area contributed by atoms with Crippen LogP contribution < -0.4 is 5.43 Å². The molecule has 0 aliphatic carbocycles. The van der Waals surface area contributed by atoms with E-state index in [0.717, 1.165) is 6.07 Å². The maximum absolute atomic E-state index is 13.3. The molecule has 0 unspecified atom stereocenters. The molecule has 0 saturated carbocycles. The first-order chi connectivity index (χ1) is 15.2. The molecule has 1 aromatic heterocycles. The molecule has 3 aromatic carbocycles. The van der Waals surface area contributed by atoms with Gasteiger partial charge in [-0.1, -0.05) is 12.1 Å². The summed E-state index contributed by atoms with van der Waals surface area (Å²) in [5.74, 6) is -0.675. The van der Waals surface area contributed by atoms with E-state index in [0.29, 0.717) is 11.1 Å². The van der Waals surface area contributed by atoms with Gasteiger partial charge in [0.2, 0.25) is 5.43 Å². The molecule has 0 amide bonds. The van der Waals surface area contributed by atoms with E-state index in [1.165, 1.54) is 54.6 Å². The molecule has 2 N–H and O–H groups in total. The number of fused-ring (bicyclic) bond motifs is 1. The smallest absolute Gasteiger partial charge is 0.269 e. The fourth-order valence-electron chi connectivity index (χ4n) is 3.39. The van der Waals surface area contributed by atoms with Gasteiger partial charge < -0.3 is 14.6 Å². The summed E-state index contributed by atoms with van der Waals surface area (Å²) in [6, 6.07) is 13.2.